The van der Waals surface area contributed by atoms with E-state index >= 15 is 0 Å². The summed E-state index contributed by atoms with van der Waals surface area (Å²) in [4.78, 5) is 11.7. The lowest BCUT2D eigenvalue weighted by Gasteiger charge is -2.07. The first kappa shape index (κ1) is 18.8. The average molecular weight is 379 g/mol. The molecule has 0 atom stereocenters. The number of hydrazone groups is 1. The summed E-state index contributed by atoms with van der Waals surface area (Å²) in [6, 6.07) is 12.2. The van der Waals surface area contributed by atoms with E-state index in [1.807, 2.05) is 12.1 Å². The van der Waals surface area contributed by atoms with Gasteiger partial charge in [0.05, 0.1) is 11.2 Å². The smallest absolute Gasteiger partial charge is 0.277 e. The number of halogens is 2. The maximum Gasteiger partial charge on any atom is 0.277 e. The Morgan fingerprint density at radius 3 is 2.64 bits per heavy atom. The van der Waals surface area contributed by atoms with Crippen molar-refractivity contribution in [2.45, 2.75) is 0 Å². The molecule has 0 bridgehead atoms. The summed E-state index contributed by atoms with van der Waals surface area (Å²) >= 11 is 11.8. The lowest BCUT2D eigenvalue weighted by molar-refractivity contribution is -0.123. The van der Waals surface area contributed by atoms with Crippen LogP contribution in [0.4, 0.5) is 0 Å². The van der Waals surface area contributed by atoms with Crippen LogP contribution in [0.3, 0.4) is 0 Å². The SMILES string of the molecule is C=CCOc1ccc(/C=N\NC(=O)COc2cccc(Cl)c2Cl)cc1. The molecule has 0 unspecified atom stereocenters. The van der Waals surface area contributed by atoms with E-state index < -0.39 is 5.91 Å². The van der Waals surface area contributed by atoms with Gasteiger partial charge in [0.15, 0.2) is 6.61 Å². The molecule has 5 nitrogen and oxygen atoms in total. The van der Waals surface area contributed by atoms with E-state index in [0.29, 0.717) is 17.4 Å². The van der Waals surface area contributed by atoms with Crippen LogP contribution in [-0.2, 0) is 4.79 Å². The van der Waals surface area contributed by atoms with Gasteiger partial charge < -0.3 is 9.47 Å². The van der Waals surface area contributed by atoms with Gasteiger partial charge in [-0.3, -0.25) is 4.79 Å². The molecule has 0 aromatic heterocycles. The molecule has 0 aliphatic carbocycles. The number of benzene rings is 2. The summed E-state index contributed by atoms with van der Waals surface area (Å²) in [5.41, 5.74) is 3.18. The number of hydrogen-bond donors (Lipinski definition) is 1. The van der Waals surface area contributed by atoms with Gasteiger partial charge in [-0.2, -0.15) is 5.10 Å². The third-order valence-electron chi connectivity index (χ3n) is 2.93. The lowest BCUT2D eigenvalue weighted by Crippen LogP contribution is -2.24. The number of carbonyl (C=O) groups is 1. The molecule has 0 heterocycles. The molecule has 0 spiro atoms. The van der Waals surface area contributed by atoms with E-state index in [1.165, 1.54) is 6.21 Å². The highest BCUT2D eigenvalue weighted by atomic mass is 35.5. The van der Waals surface area contributed by atoms with Crippen molar-refractivity contribution in [2.75, 3.05) is 13.2 Å². The van der Waals surface area contributed by atoms with Gasteiger partial charge >= 0.3 is 0 Å². The maximum absolute atomic E-state index is 11.7. The molecule has 2 aromatic carbocycles. The Bertz CT molecular complexity index is 761. The number of ether oxygens (including phenoxy) is 2. The fourth-order valence-electron chi connectivity index (χ4n) is 1.76. The Balaban J connectivity index is 1.80. The molecule has 0 radical (unpaired) electrons. The van der Waals surface area contributed by atoms with Gasteiger partial charge in [0, 0.05) is 0 Å². The van der Waals surface area contributed by atoms with Gasteiger partial charge in [0.25, 0.3) is 5.91 Å². The Morgan fingerprint density at radius 1 is 1.16 bits per heavy atom. The van der Waals surface area contributed by atoms with Crippen LogP contribution in [0.1, 0.15) is 5.56 Å². The van der Waals surface area contributed by atoms with Crippen LogP contribution in [0.2, 0.25) is 10.0 Å². The minimum Gasteiger partial charge on any atom is -0.490 e. The van der Waals surface area contributed by atoms with Crippen molar-refractivity contribution >= 4 is 35.3 Å². The zero-order valence-electron chi connectivity index (χ0n) is 13.2. The Morgan fingerprint density at radius 2 is 1.92 bits per heavy atom. The number of carbonyl (C=O) groups excluding carboxylic acids is 1. The van der Waals surface area contributed by atoms with E-state index in [2.05, 4.69) is 17.1 Å². The third-order valence-corrected chi connectivity index (χ3v) is 3.73. The third kappa shape index (κ3) is 6.14. The van der Waals surface area contributed by atoms with E-state index in [9.17, 15) is 4.79 Å². The lowest BCUT2D eigenvalue weighted by atomic mass is 10.2. The summed E-state index contributed by atoms with van der Waals surface area (Å²) in [7, 11) is 0. The zero-order valence-corrected chi connectivity index (χ0v) is 14.8. The number of hydrogen-bond acceptors (Lipinski definition) is 4. The first-order valence-corrected chi connectivity index (χ1v) is 8.08. The molecule has 0 fully saturated rings. The normalized spacial score (nSPS) is 10.5. The molecule has 0 saturated heterocycles. The van der Waals surface area contributed by atoms with E-state index in [1.54, 1.807) is 36.4 Å². The van der Waals surface area contributed by atoms with Crippen molar-refractivity contribution in [1.82, 2.24) is 5.43 Å². The van der Waals surface area contributed by atoms with Crippen molar-refractivity contribution in [3.63, 3.8) is 0 Å². The van der Waals surface area contributed by atoms with Crippen LogP contribution in [0.5, 0.6) is 11.5 Å². The van der Waals surface area contributed by atoms with Crippen LogP contribution in [0.25, 0.3) is 0 Å². The van der Waals surface area contributed by atoms with Crippen molar-refractivity contribution in [2.24, 2.45) is 5.10 Å². The van der Waals surface area contributed by atoms with Gasteiger partial charge in [-0.1, -0.05) is 41.9 Å². The fraction of sp³-hybridized carbons (Fsp3) is 0.111. The van der Waals surface area contributed by atoms with Gasteiger partial charge in [-0.25, -0.2) is 5.43 Å². The maximum atomic E-state index is 11.7. The molecule has 7 heteroatoms. The van der Waals surface area contributed by atoms with Crippen molar-refractivity contribution in [3.8, 4) is 11.5 Å². The molecule has 130 valence electrons. The van der Waals surface area contributed by atoms with Crippen molar-refractivity contribution in [3.05, 3.63) is 70.7 Å². The fourth-order valence-corrected chi connectivity index (χ4v) is 2.10. The second-order valence-corrected chi connectivity index (χ2v) is 5.59. The van der Waals surface area contributed by atoms with Gasteiger partial charge in [0.1, 0.15) is 23.1 Å². The minimum atomic E-state index is -0.418. The summed E-state index contributed by atoms with van der Waals surface area (Å²) in [5, 5.41) is 4.49. The van der Waals surface area contributed by atoms with E-state index in [4.69, 9.17) is 32.7 Å². The van der Waals surface area contributed by atoms with E-state index in [-0.39, 0.29) is 11.6 Å². The number of nitrogens with one attached hydrogen (secondary N) is 1. The van der Waals surface area contributed by atoms with Crippen molar-refractivity contribution in [1.29, 1.82) is 0 Å². The van der Waals surface area contributed by atoms with E-state index in [0.717, 1.165) is 11.3 Å². The molecule has 0 aliphatic rings. The highest BCUT2D eigenvalue weighted by Crippen LogP contribution is 2.31. The minimum absolute atomic E-state index is 0.230. The molecule has 0 aliphatic heterocycles. The predicted octanol–water partition coefficient (Wildman–Crippen LogP) is 4.09. The van der Waals surface area contributed by atoms with Crippen LogP contribution >= 0.6 is 23.2 Å². The van der Waals surface area contributed by atoms with Crippen molar-refractivity contribution < 1.29 is 14.3 Å². The molecular formula is C18H16Cl2N2O3. The summed E-state index contributed by atoms with van der Waals surface area (Å²) in [6.45, 7) is 3.80. The molecule has 1 amide bonds. The second kappa shape index (κ2) is 9.71. The Labute approximate surface area is 155 Å². The van der Waals surface area contributed by atoms with Crippen LogP contribution in [-0.4, -0.2) is 25.3 Å². The summed E-state index contributed by atoms with van der Waals surface area (Å²) in [5.74, 6) is 0.648. The monoisotopic (exact) mass is 378 g/mol. The average Bonchev–Trinajstić information content (AvgIpc) is 2.62. The number of nitrogens with zero attached hydrogens (tertiary/aromatic N) is 1. The number of amides is 1. The molecule has 2 rings (SSSR count). The van der Waals surface area contributed by atoms with Gasteiger partial charge in [-0.15, -0.1) is 0 Å². The molecule has 1 N–H and O–H groups in total. The molecule has 0 saturated carbocycles. The Hall–Kier alpha value is -2.50. The largest absolute Gasteiger partial charge is 0.490 e. The highest BCUT2D eigenvalue weighted by Gasteiger charge is 2.07. The first-order chi connectivity index (χ1) is 12.1. The van der Waals surface area contributed by atoms with Crippen LogP contribution in [0, 0.1) is 0 Å². The van der Waals surface area contributed by atoms with Gasteiger partial charge in [0.2, 0.25) is 0 Å². The molecular weight excluding hydrogens is 363 g/mol. The molecule has 2 aromatic rings. The Kier molecular flexibility index (Phi) is 7.32. The summed E-state index contributed by atoms with van der Waals surface area (Å²) in [6.07, 6.45) is 3.19. The predicted molar refractivity (Wildman–Crippen MR) is 99.8 cm³/mol. The zero-order chi connectivity index (χ0) is 18.1. The van der Waals surface area contributed by atoms with Crippen LogP contribution < -0.4 is 14.9 Å². The van der Waals surface area contributed by atoms with Crippen LogP contribution in [0.15, 0.2) is 60.2 Å². The van der Waals surface area contributed by atoms with Gasteiger partial charge in [-0.05, 0) is 42.0 Å². The highest BCUT2D eigenvalue weighted by molar-refractivity contribution is 6.42. The first-order valence-electron chi connectivity index (χ1n) is 7.32. The summed E-state index contributed by atoms with van der Waals surface area (Å²) < 4.78 is 10.7. The molecule has 25 heavy (non-hydrogen) atoms. The second-order valence-electron chi connectivity index (χ2n) is 4.80. The quantitative estimate of drug-likeness (QED) is 0.427. The topological polar surface area (TPSA) is 59.9 Å². The standard InChI is InChI=1S/C18H16Cl2N2O3/c1-2-10-24-14-8-6-13(7-9-14)11-21-22-17(23)12-25-16-5-3-4-15(19)18(16)20/h2-9,11H,1,10,12H2,(H,22,23)/b21-11-. The number of rotatable bonds is 8.